The summed E-state index contributed by atoms with van der Waals surface area (Å²) in [5.74, 6) is 1.61. The normalized spacial score (nSPS) is 15.6. The Hall–Kier alpha value is -6.08. The van der Waals surface area contributed by atoms with Gasteiger partial charge in [-0.1, -0.05) is 99.5 Å². The van der Waals surface area contributed by atoms with E-state index in [1.54, 1.807) is 12.3 Å². The molecule has 0 saturated heterocycles. The van der Waals surface area contributed by atoms with Gasteiger partial charge in [-0.25, -0.2) is 0 Å². The molecule has 2 aliphatic heterocycles. The number of phenolic OH excluding ortho intramolecular Hbond substituents is 1. The second kappa shape index (κ2) is 15.3. The zero-order valence-electron chi connectivity index (χ0n) is 31.9. The molecule has 1 unspecified atom stereocenters. The molecule has 1 spiro atoms. The van der Waals surface area contributed by atoms with E-state index in [2.05, 4.69) is 79.5 Å². The van der Waals surface area contributed by atoms with Crippen molar-refractivity contribution in [2.75, 3.05) is 36.4 Å². The van der Waals surface area contributed by atoms with Gasteiger partial charge in [0.2, 0.25) is 0 Å². The number of phenols is 1. The smallest absolute Gasteiger partial charge is 0.255 e. The number of nitrogens with one attached hydrogen (secondary N) is 1. The molecule has 7 heteroatoms. The van der Waals surface area contributed by atoms with Crippen LogP contribution in [0.5, 0.6) is 17.2 Å². The molecule has 0 fully saturated rings. The van der Waals surface area contributed by atoms with E-state index in [1.807, 2.05) is 71.6 Å². The predicted molar refractivity (Wildman–Crippen MR) is 225 cm³/mol. The van der Waals surface area contributed by atoms with Crippen LogP contribution in [0, 0.1) is 6.92 Å². The fourth-order valence-corrected chi connectivity index (χ4v) is 8.29. The Morgan fingerprint density at radius 1 is 0.800 bits per heavy atom. The first-order valence-electron chi connectivity index (χ1n) is 19.6. The number of anilines is 3. The summed E-state index contributed by atoms with van der Waals surface area (Å²) in [5, 5.41) is 16.4. The number of aliphatic imine (C=N–C) groups is 1. The topological polar surface area (TPSA) is 77.4 Å². The van der Waals surface area contributed by atoms with Crippen molar-refractivity contribution in [1.29, 1.82) is 0 Å². The maximum atomic E-state index is 14.8. The third-order valence-corrected chi connectivity index (χ3v) is 11.1. The van der Waals surface area contributed by atoms with Gasteiger partial charge in [0, 0.05) is 71.2 Å². The lowest BCUT2D eigenvalue weighted by molar-refractivity contribution is 0.0673. The number of nitrogens with zero attached hydrogens (tertiary/aromatic N) is 3. The van der Waals surface area contributed by atoms with Crippen molar-refractivity contribution in [3.8, 4) is 17.2 Å². The highest BCUT2D eigenvalue weighted by Crippen LogP contribution is 2.58. The van der Waals surface area contributed by atoms with Crippen LogP contribution < -0.4 is 15.0 Å². The monoisotopic (exact) mass is 728 g/mol. The molecule has 0 saturated carbocycles. The number of hydrogen-bond donors (Lipinski definition) is 2. The fourth-order valence-electron chi connectivity index (χ4n) is 8.29. The van der Waals surface area contributed by atoms with E-state index in [9.17, 15) is 9.90 Å². The van der Waals surface area contributed by atoms with Crippen molar-refractivity contribution in [3.05, 3.63) is 155 Å². The zero-order valence-corrected chi connectivity index (χ0v) is 31.9. The second-order valence-electron chi connectivity index (χ2n) is 14.6. The number of para-hydroxylation sites is 1. The van der Waals surface area contributed by atoms with Gasteiger partial charge in [0.25, 0.3) is 5.91 Å². The molecule has 0 aliphatic carbocycles. The first-order valence-corrected chi connectivity index (χ1v) is 19.6. The van der Waals surface area contributed by atoms with Crippen LogP contribution in [0.25, 0.3) is 10.8 Å². The van der Waals surface area contributed by atoms with Crippen LogP contribution in [0.3, 0.4) is 0 Å². The number of unbranched alkanes of at least 4 members (excludes halogenated alkanes) is 2. The maximum absolute atomic E-state index is 14.8. The van der Waals surface area contributed by atoms with Gasteiger partial charge in [0.05, 0.1) is 6.54 Å². The van der Waals surface area contributed by atoms with E-state index in [-0.39, 0.29) is 11.7 Å². The van der Waals surface area contributed by atoms with Gasteiger partial charge in [-0.15, -0.1) is 0 Å². The molecule has 2 heterocycles. The molecule has 6 aromatic carbocycles. The Kier molecular flexibility index (Phi) is 10.0. The van der Waals surface area contributed by atoms with Crippen molar-refractivity contribution >= 4 is 40.0 Å². The minimum absolute atomic E-state index is 0.0488. The van der Waals surface area contributed by atoms with E-state index >= 15 is 0 Å². The Bertz CT molecular complexity index is 2380. The Balaban J connectivity index is 1.27. The van der Waals surface area contributed by atoms with E-state index in [1.165, 1.54) is 0 Å². The van der Waals surface area contributed by atoms with Gasteiger partial charge in [-0.05, 0) is 84.1 Å². The molecule has 1 amide bonds. The molecule has 2 N–H and O–H groups in total. The molecule has 278 valence electrons. The SMILES string of the molecule is CCCCN(CCCC)c1ccc2c(c1)Oc1cc(C)c(Nc3ccccc3)cc1C21c2ccccc2C(=O)N1CCN=Cc1c(O)ccc2ccccc12. The van der Waals surface area contributed by atoms with Gasteiger partial charge in [0.1, 0.15) is 22.8 Å². The van der Waals surface area contributed by atoms with Crippen LogP contribution in [-0.4, -0.2) is 48.3 Å². The maximum Gasteiger partial charge on any atom is 0.255 e. The average Bonchev–Trinajstić information content (AvgIpc) is 3.45. The molecule has 8 rings (SSSR count). The molecule has 0 radical (unpaired) electrons. The summed E-state index contributed by atoms with van der Waals surface area (Å²) in [7, 11) is 0. The number of carbonyl (C=O) groups is 1. The number of fused-ring (bicyclic) bond motifs is 7. The third kappa shape index (κ3) is 6.48. The number of ether oxygens (including phenoxy) is 1. The van der Waals surface area contributed by atoms with Gasteiger partial charge in [-0.2, -0.15) is 0 Å². The molecule has 6 aromatic rings. The van der Waals surface area contributed by atoms with Crippen molar-refractivity contribution in [2.24, 2.45) is 4.99 Å². The fraction of sp³-hybridized carbons (Fsp3) is 0.250. The summed E-state index contributed by atoms with van der Waals surface area (Å²) in [6, 6.07) is 40.6. The van der Waals surface area contributed by atoms with Crippen LogP contribution in [0.4, 0.5) is 17.1 Å². The van der Waals surface area contributed by atoms with Crippen LogP contribution in [-0.2, 0) is 5.54 Å². The lowest BCUT2D eigenvalue weighted by atomic mass is 9.74. The van der Waals surface area contributed by atoms with Gasteiger partial charge in [-0.3, -0.25) is 9.79 Å². The number of aromatic hydroxyl groups is 1. The molecule has 1 atom stereocenters. The Morgan fingerprint density at radius 2 is 1.53 bits per heavy atom. The summed E-state index contributed by atoms with van der Waals surface area (Å²) in [6.07, 6.45) is 6.20. The summed E-state index contributed by atoms with van der Waals surface area (Å²) in [5.41, 5.74) is 7.20. The Labute approximate surface area is 323 Å². The van der Waals surface area contributed by atoms with Crippen molar-refractivity contribution in [3.63, 3.8) is 0 Å². The summed E-state index contributed by atoms with van der Waals surface area (Å²) >= 11 is 0. The lowest BCUT2D eigenvalue weighted by Gasteiger charge is -2.44. The summed E-state index contributed by atoms with van der Waals surface area (Å²) in [4.78, 5) is 24.1. The third-order valence-electron chi connectivity index (χ3n) is 11.1. The molecule has 55 heavy (non-hydrogen) atoms. The number of hydrogen-bond acceptors (Lipinski definition) is 6. The minimum Gasteiger partial charge on any atom is -0.507 e. The minimum atomic E-state index is -0.981. The van der Waals surface area contributed by atoms with Crippen molar-refractivity contribution in [2.45, 2.75) is 52.0 Å². The largest absolute Gasteiger partial charge is 0.507 e. The van der Waals surface area contributed by atoms with Gasteiger partial charge >= 0.3 is 0 Å². The van der Waals surface area contributed by atoms with Crippen LogP contribution in [0.2, 0.25) is 0 Å². The van der Waals surface area contributed by atoms with E-state index in [4.69, 9.17) is 9.73 Å². The highest BCUT2D eigenvalue weighted by Gasteiger charge is 2.56. The van der Waals surface area contributed by atoms with Gasteiger partial charge < -0.3 is 25.0 Å². The number of aryl methyl sites for hydroxylation is 1. The first kappa shape index (κ1) is 35.9. The van der Waals surface area contributed by atoms with Gasteiger partial charge in [0.15, 0.2) is 0 Å². The molecule has 0 aromatic heterocycles. The van der Waals surface area contributed by atoms with Crippen LogP contribution in [0.15, 0.2) is 126 Å². The van der Waals surface area contributed by atoms with Crippen molar-refractivity contribution < 1.29 is 14.6 Å². The van der Waals surface area contributed by atoms with Crippen LogP contribution >= 0.6 is 0 Å². The second-order valence-corrected chi connectivity index (χ2v) is 14.6. The highest BCUT2D eigenvalue weighted by atomic mass is 16.5. The quantitative estimate of drug-likeness (QED) is 0.116. The highest BCUT2D eigenvalue weighted by molar-refractivity contribution is 6.03. The molecule has 0 bridgehead atoms. The van der Waals surface area contributed by atoms with E-state index in [0.29, 0.717) is 24.2 Å². The average molecular weight is 729 g/mol. The zero-order chi connectivity index (χ0) is 37.9. The van der Waals surface area contributed by atoms with Crippen LogP contribution in [0.1, 0.15) is 77.7 Å². The first-order chi connectivity index (χ1) is 26.9. The number of rotatable bonds is 13. The van der Waals surface area contributed by atoms with E-state index < -0.39 is 5.54 Å². The molecular weight excluding hydrogens is 681 g/mol. The summed E-state index contributed by atoms with van der Waals surface area (Å²) < 4.78 is 6.94. The predicted octanol–water partition coefficient (Wildman–Crippen LogP) is 11.0. The lowest BCUT2D eigenvalue weighted by Crippen LogP contribution is -2.48. The molecule has 2 aliphatic rings. The Morgan fingerprint density at radius 3 is 2.33 bits per heavy atom. The van der Waals surface area contributed by atoms with E-state index in [0.717, 1.165) is 100 Å². The molecular formula is C48H48N4O3. The molecule has 7 nitrogen and oxygen atoms in total. The van der Waals surface area contributed by atoms with Crippen molar-refractivity contribution in [1.82, 2.24) is 4.90 Å². The summed E-state index contributed by atoms with van der Waals surface area (Å²) in [6.45, 7) is 9.17. The standard InChI is InChI=1S/C48H48N4O3/c1-4-6-26-51(27-7-5-2)36-22-23-41-46(30-36)55-45-29-33(3)43(50-35-16-9-8-10-17-35)31-42(45)48(41)40-20-14-13-19-38(40)47(54)52(48)28-25-49-32-39-37-18-12-11-15-34(37)21-24-44(39)53/h8-24,29-32,50,53H,4-7,25-28H2,1-3H3. The number of carbonyl (C=O) groups excluding carboxylic acids is 1. The number of benzene rings is 6. The number of amides is 1.